The van der Waals surface area contributed by atoms with Gasteiger partial charge in [0.15, 0.2) is 0 Å². The molecule has 0 aliphatic heterocycles. The molecule has 0 radical (unpaired) electrons. The van der Waals surface area contributed by atoms with E-state index in [4.69, 9.17) is 14.9 Å². The van der Waals surface area contributed by atoms with E-state index < -0.39 is 11.9 Å². The number of para-hydroxylation sites is 1. The number of aryl methyl sites for hydroxylation is 1. The molecule has 21 heavy (non-hydrogen) atoms. The lowest BCUT2D eigenvalue weighted by Gasteiger charge is -2.11. The molecule has 0 saturated carbocycles. The van der Waals surface area contributed by atoms with Crippen LogP contribution in [0.3, 0.4) is 0 Å². The number of carbonyl (C=O) groups is 2. The number of anilines is 2. The van der Waals surface area contributed by atoms with Gasteiger partial charge < -0.3 is 14.9 Å². The molecule has 0 bridgehead atoms. The highest BCUT2D eigenvalue weighted by molar-refractivity contribution is 6.05. The van der Waals surface area contributed by atoms with Gasteiger partial charge in [0.1, 0.15) is 5.75 Å². The summed E-state index contributed by atoms with van der Waals surface area (Å²) < 4.78 is 10.1. The molecule has 1 amide bonds. The molecular formula is C13H14N4O4. The second-order valence-electron chi connectivity index (χ2n) is 4.18. The number of nitrogen functional groups attached to an aromatic ring is 1. The summed E-state index contributed by atoms with van der Waals surface area (Å²) in [5.41, 5.74) is 6.12. The zero-order valence-corrected chi connectivity index (χ0v) is 11.5. The van der Waals surface area contributed by atoms with Crippen LogP contribution in [0.2, 0.25) is 0 Å². The van der Waals surface area contributed by atoms with Crippen molar-refractivity contribution >= 4 is 23.9 Å². The Morgan fingerprint density at radius 3 is 2.76 bits per heavy atom. The minimum absolute atomic E-state index is 0.133. The fourth-order valence-electron chi connectivity index (χ4n) is 1.60. The second kappa shape index (κ2) is 6.04. The summed E-state index contributed by atoms with van der Waals surface area (Å²) in [5.74, 6) is -0.768. The summed E-state index contributed by atoms with van der Waals surface area (Å²) in [7, 11) is 0. The van der Waals surface area contributed by atoms with Gasteiger partial charge in [-0.2, -0.15) is 0 Å². The third-order valence-corrected chi connectivity index (χ3v) is 2.62. The SMILES string of the molecule is CCC(=O)Oc1c(C)cccc1C(=O)Nc1nnc(N)o1. The van der Waals surface area contributed by atoms with Gasteiger partial charge in [-0.1, -0.05) is 29.3 Å². The van der Waals surface area contributed by atoms with Crippen molar-refractivity contribution in [3.8, 4) is 5.75 Å². The van der Waals surface area contributed by atoms with Gasteiger partial charge in [-0.05, 0) is 18.6 Å². The first-order valence-electron chi connectivity index (χ1n) is 6.22. The van der Waals surface area contributed by atoms with E-state index in [2.05, 4.69) is 15.5 Å². The molecule has 0 atom stereocenters. The molecule has 1 aromatic carbocycles. The first-order valence-corrected chi connectivity index (χ1v) is 6.22. The third kappa shape index (κ3) is 3.35. The fourth-order valence-corrected chi connectivity index (χ4v) is 1.60. The van der Waals surface area contributed by atoms with Gasteiger partial charge in [-0.3, -0.25) is 14.9 Å². The number of hydrogen-bond donors (Lipinski definition) is 2. The quantitative estimate of drug-likeness (QED) is 0.647. The van der Waals surface area contributed by atoms with E-state index in [0.29, 0.717) is 5.56 Å². The Bertz CT molecular complexity index is 681. The molecule has 1 heterocycles. The number of hydrogen-bond acceptors (Lipinski definition) is 7. The van der Waals surface area contributed by atoms with Crippen LogP contribution in [-0.2, 0) is 4.79 Å². The van der Waals surface area contributed by atoms with Crippen molar-refractivity contribution < 1.29 is 18.7 Å². The maximum atomic E-state index is 12.2. The number of nitrogens with zero attached hydrogens (tertiary/aromatic N) is 2. The minimum Gasteiger partial charge on any atom is -0.425 e. The van der Waals surface area contributed by atoms with Crippen LogP contribution in [-0.4, -0.2) is 22.1 Å². The lowest BCUT2D eigenvalue weighted by atomic mass is 10.1. The fraction of sp³-hybridized carbons (Fsp3) is 0.231. The topological polar surface area (TPSA) is 120 Å². The number of aromatic nitrogens is 2. The lowest BCUT2D eigenvalue weighted by Crippen LogP contribution is -2.16. The van der Waals surface area contributed by atoms with Crippen molar-refractivity contribution in [2.45, 2.75) is 20.3 Å². The second-order valence-corrected chi connectivity index (χ2v) is 4.18. The Morgan fingerprint density at radius 1 is 1.38 bits per heavy atom. The van der Waals surface area contributed by atoms with Crippen molar-refractivity contribution in [2.75, 3.05) is 11.1 Å². The van der Waals surface area contributed by atoms with E-state index >= 15 is 0 Å². The molecule has 3 N–H and O–H groups in total. The van der Waals surface area contributed by atoms with Crippen LogP contribution in [0.15, 0.2) is 22.6 Å². The van der Waals surface area contributed by atoms with Gasteiger partial charge in [-0.15, -0.1) is 0 Å². The standard InChI is InChI=1S/C13H14N4O4/c1-3-9(18)20-10-7(2)5-4-6-8(10)11(19)15-13-17-16-12(14)21-13/h4-6H,3H2,1-2H3,(H2,14,16)(H,15,17,19). The van der Waals surface area contributed by atoms with Crippen LogP contribution in [0.25, 0.3) is 0 Å². The first kappa shape index (κ1) is 14.5. The Morgan fingerprint density at radius 2 is 2.14 bits per heavy atom. The highest BCUT2D eigenvalue weighted by atomic mass is 16.5. The van der Waals surface area contributed by atoms with Gasteiger partial charge in [-0.25, -0.2) is 0 Å². The van der Waals surface area contributed by atoms with Crippen LogP contribution in [0.4, 0.5) is 12.0 Å². The van der Waals surface area contributed by atoms with Crippen molar-refractivity contribution in [3.05, 3.63) is 29.3 Å². The van der Waals surface area contributed by atoms with E-state index in [1.807, 2.05) is 0 Å². The zero-order valence-electron chi connectivity index (χ0n) is 11.5. The van der Waals surface area contributed by atoms with Gasteiger partial charge in [0, 0.05) is 6.42 Å². The smallest absolute Gasteiger partial charge is 0.323 e. The van der Waals surface area contributed by atoms with Crippen LogP contribution < -0.4 is 15.8 Å². The number of nitrogens with one attached hydrogen (secondary N) is 1. The zero-order chi connectivity index (χ0) is 15.4. The largest absolute Gasteiger partial charge is 0.425 e. The minimum atomic E-state index is -0.541. The Balaban J connectivity index is 2.27. The van der Waals surface area contributed by atoms with Crippen molar-refractivity contribution in [1.29, 1.82) is 0 Å². The summed E-state index contributed by atoms with van der Waals surface area (Å²) in [6, 6.07) is 4.65. The summed E-state index contributed by atoms with van der Waals surface area (Å²) >= 11 is 0. The number of ether oxygens (including phenoxy) is 1. The Hall–Kier alpha value is -2.90. The molecule has 2 rings (SSSR count). The molecule has 1 aromatic heterocycles. The number of nitrogens with two attached hydrogens (primary N) is 1. The van der Waals surface area contributed by atoms with Gasteiger partial charge in [0.2, 0.25) is 0 Å². The van der Waals surface area contributed by atoms with Gasteiger partial charge >= 0.3 is 18.0 Å². The molecule has 0 unspecified atom stereocenters. The summed E-state index contributed by atoms with van der Waals surface area (Å²) in [6.45, 7) is 3.40. The lowest BCUT2D eigenvalue weighted by molar-refractivity contribution is -0.134. The molecule has 0 aliphatic carbocycles. The molecule has 2 aromatic rings. The molecule has 0 spiro atoms. The molecule has 0 saturated heterocycles. The number of rotatable bonds is 4. The molecule has 110 valence electrons. The maximum Gasteiger partial charge on any atom is 0.323 e. The van der Waals surface area contributed by atoms with Crippen LogP contribution >= 0.6 is 0 Å². The average molecular weight is 290 g/mol. The first-order chi connectivity index (χ1) is 10.0. The molecule has 0 aliphatic rings. The predicted octanol–water partition coefficient (Wildman–Crippen LogP) is 1.53. The third-order valence-electron chi connectivity index (χ3n) is 2.62. The van der Waals surface area contributed by atoms with Crippen molar-refractivity contribution in [3.63, 3.8) is 0 Å². The molecule has 0 fully saturated rings. The summed E-state index contributed by atoms with van der Waals surface area (Å²) in [4.78, 5) is 23.7. The molecular weight excluding hydrogens is 276 g/mol. The van der Waals surface area contributed by atoms with E-state index in [9.17, 15) is 9.59 Å². The van der Waals surface area contributed by atoms with Gasteiger partial charge in [0.25, 0.3) is 5.91 Å². The number of benzene rings is 1. The molecule has 8 nitrogen and oxygen atoms in total. The predicted molar refractivity (Wildman–Crippen MR) is 73.8 cm³/mol. The monoisotopic (exact) mass is 290 g/mol. The van der Waals surface area contributed by atoms with E-state index in [1.54, 1.807) is 26.0 Å². The maximum absolute atomic E-state index is 12.2. The normalized spacial score (nSPS) is 10.2. The highest BCUT2D eigenvalue weighted by Gasteiger charge is 2.18. The van der Waals surface area contributed by atoms with Crippen LogP contribution in [0, 0.1) is 6.92 Å². The number of carbonyl (C=O) groups excluding carboxylic acids is 2. The summed E-state index contributed by atoms with van der Waals surface area (Å²) in [6.07, 6.45) is 0.204. The Labute approximate surface area is 120 Å². The highest BCUT2D eigenvalue weighted by Crippen LogP contribution is 2.25. The van der Waals surface area contributed by atoms with Crippen LogP contribution in [0.1, 0.15) is 29.3 Å². The average Bonchev–Trinajstić information content (AvgIpc) is 2.86. The van der Waals surface area contributed by atoms with Crippen LogP contribution in [0.5, 0.6) is 5.75 Å². The van der Waals surface area contributed by atoms with Crippen molar-refractivity contribution in [1.82, 2.24) is 10.2 Å². The Kier molecular flexibility index (Phi) is 4.17. The van der Waals surface area contributed by atoms with E-state index in [0.717, 1.165) is 0 Å². The summed E-state index contributed by atoms with van der Waals surface area (Å²) in [5, 5.41) is 9.34. The number of esters is 1. The van der Waals surface area contributed by atoms with E-state index in [1.165, 1.54) is 6.07 Å². The number of amides is 1. The van der Waals surface area contributed by atoms with Crippen molar-refractivity contribution in [2.24, 2.45) is 0 Å². The molecule has 8 heteroatoms. The van der Waals surface area contributed by atoms with Gasteiger partial charge in [0.05, 0.1) is 5.56 Å². The van der Waals surface area contributed by atoms with E-state index in [-0.39, 0.29) is 29.8 Å².